The zero-order valence-electron chi connectivity index (χ0n) is 15.3. The first-order valence-electron chi connectivity index (χ1n) is 9.34. The van der Waals surface area contributed by atoms with Gasteiger partial charge in [-0.3, -0.25) is 0 Å². The van der Waals surface area contributed by atoms with Crippen LogP contribution in [-0.2, 0) is 6.42 Å². The smallest absolute Gasteiger partial charge is 0.00135 e. The number of rotatable bonds is 2. The molecule has 0 aromatic heterocycles. The largest absolute Gasteiger partial charge is 0.0622 e. The summed E-state index contributed by atoms with van der Waals surface area (Å²) in [6.07, 6.45) is 5.34. The molecule has 0 amide bonds. The monoisotopic (exact) mass is 346 g/mol. The van der Waals surface area contributed by atoms with Gasteiger partial charge in [0.25, 0.3) is 0 Å². The third-order valence-electron chi connectivity index (χ3n) is 4.77. The van der Waals surface area contributed by atoms with Crippen molar-refractivity contribution >= 4 is 12.2 Å². The van der Waals surface area contributed by atoms with Crippen LogP contribution in [0.5, 0.6) is 0 Å². The van der Waals surface area contributed by atoms with Crippen LogP contribution in [0.25, 0.3) is 23.3 Å². The fraction of sp³-hybridized carbons (Fsp3) is 0.0370. The van der Waals surface area contributed by atoms with Gasteiger partial charge in [0.1, 0.15) is 0 Å². The van der Waals surface area contributed by atoms with Gasteiger partial charge in [-0.05, 0) is 39.8 Å². The molecule has 130 valence electrons. The SMILES string of the molecule is C(=Cc1ccccc1)c1ccccc1.c1ccc2c(c1)Cc1ccccc1-2. The second-order valence-corrected chi connectivity index (χ2v) is 6.65. The van der Waals surface area contributed by atoms with E-state index in [1.807, 2.05) is 36.4 Å². The topological polar surface area (TPSA) is 0 Å². The van der Waals surface area contributed by atoms with Crippen molar-refractivity contribution in [2.45, 2.75) is 6.42 Å². The fourth-order valence-electron chi connectivity index (χ4n) is 3.40. The van der Waals surface area contributed by atoms with Crippen molar-refractivity contribution in [3.05, 3.63) is 131 Å². The van der Waals surface area contributed by atoms with Crippen molar-refractivity contribution in [2.24, 2.45) is 0 Å². The van der Waals surface area contributed by atoms with E-state index < -0.39 is 0 Å². The Morgan fingerprint density at radius 3 is 1.22 bits per heavy atom. The van der Waals surface area contributed by atoms with Crippen LogP contribution in [0.4, 0.5) is 0 Å². The van der Waals surface area contributed by atoms with E-state index in [-0.39, 0.29) is 0 Å². The molecule has 0 aliphatic heterocycles. The minimum absolute atomic E-state index is 1.10. The minimum Gasteiger partial charge on any atom is -0.0622 e. The van der Waals surface area contributed by atoms with E-state index in [1.165, 1.54) is 33.4 Å². The highest BCUT2D eigenvalue weighted by atomic mass is 14.2. The molecular weight excluding hydrogens is 324 g/mol. The van der Waals surface area contributed by atoms with Gasteiger partial charge in [-0.25, -0.2) is 0 Å². The first-order valence-corrected chi connectivity index (χ1v) is 9.34. The summed E-state index contributed by atoms with van der Waals surface area (Å²) in [6, 6.07) is 37.9. The first-order chi connectivity index (χ1) is 13.4. The van der Waals surface area contributed by atoms with Crippen LogP contribution >= 0.6 is 0 Å². The van der Waals surface area contributed by atoms with Crippen molar-refractivity contribution < 1.29 is 0 Å². The molecule has 0 radical (unpaired) electrons. The Morgan fingerprint density at radius 2 is 0.778 bits per heavy atom. The van der Waals surface area contributed by atoms with Gasteiger partial charge >= 0.3 is 0 Å². The number of hydrogen-bond acceptors (Lipinski definition) is 0. The van der Waals surface area contributed by atoms with E-state index in [4.69, 9.17) is 0 Å². The Kier molecular flexibility index (Phi) is 5.26. The van der Waals surface area contributed by atoms with Crippen LogP contribution in [0, 0.1) is 0 Å². The summed E-state index contributed by atoms with van der Waals surface area (Å²) < 4.78 is 0. The fourth-order valence-corrected chi connectivity index (χ4v) is 3.40. The molecule has 0 heterocycles. The third kappa shape index (κ3) is 4.24. The quantitative estimate of drug-likeness (QED) is 0.299. The van der Waals surface area contributed by atoms with Crippen LogP contribution in [-0.4, -0.2) is 0 Å². The van der Waals surface area contributed by atoms with Crippen LogP contribution in [0.15, 0.2) is 109 Å². The van der Waals surface area contributed by atoms with Gasteiger partial charge in [0, 0.05) is 0 Å². The molecule has 0 nitrogen and oxygen atoms in total. The van der Waals surface area contributed by atoms with Crippen molar-refractivity contribution in [2.75, 3.05) is 0 Å². The summed E-state index contributed by atoms with van der Waals surface area (Å²) in [5, 5.41) is 0. The second-order valence-electron chi connectivity index (χ2n) is 6.65. The summed E-state index contributed by atoms with van der Waals surface area (Å²) in [7, 11) is 0. The van der Waals surface area contributed by atoms with Gasteiger partial charge in [-0.1, -0.05) is 121 Å². The molecule has 1 aliphatic carbocycles. The van der Waals surface area contributed by atoms with Crippen molar-refractivity contribution in [1.82, 2.24) is 0 Å². The van der Waals surface area contributed by atoms with Gasteiger partial charge < -0.3 is 0 Å². The van der Waals surface area contributed by atoms with Gasteiger partial charge in [-0.2, -0.15) is 0 Å². The molecular formula is C27H22. The van der Waals surface area contributed by atoms with Crippen LogP contribution in [0.3, 0.4) is 0 Å². The lowest BCUT2D eigenvalue weighted by atomic mass is 10.1. The molecule has 0 heteroatoms. The van der Waals surface area contributed by atoms with E-state index in [0.717, 1.165) is 6.42 Å². The zero-order chi connectivity index (χ0) is 18.3. The van der Waals surface area contributed by atoms with E-state index >= 15 is 0 Å². The molecule has 0 saturated heterocycles. The molecule has 0 saturated carbocycles. The molecule has 0 atom stereocenters. The Balaban J connectivity index is 0.000000134. The van der Waals surface area contributed by atoms with Crippen LogP contribution in [0.2, 0.25) is 0 Å². The summed E-state index contributed by atoms with van der Waals surface area (Å²) in [5.74, 6) is 0. The average Bonchev–Trinajstić information content (AvgIpc) is 3.13. The normalized spacial score (nSPS) is 11.4. The maximum absolute atomic E-state index is 2.22. The lowest BCUT2D eigenvalue weighted by Crippen LogP contribution is -1.77. The summed E-state index contributed by atoms with van der Waals surface area (Å²) in [5.41, 5.74) is 8.22. The number of benzene rings is 4. The van der Waals surface area contributed by atoms with E-state index in [9.17, 15) is 0 Å². The third-order valence-corrected chi connectivity index (χ3v) is 4.77. The highest BCUT2D eigenvalue weighted by Crippen LogP contribution is 2.35. The van der Waals surface area contributed by atoms with Crippen molar-refractivity contribution in [3.8, 4) is 11.1 Å². The molecule has 4 aromatic rings. The van der Waals surface area contributed by atoms with Crippen LogP contribution < -0.4 is 0 Å². The van der Waals surface area contributed by atoms with E-state index in [0.29, 0.717) is 0 Å². The molecule has 0 fully saturated rings. The van der Waals surface area contributed by atoms with Gasteiger partial charge in [0.05, 0.1) is 0 Å². The van der Waals surface area contributed by atoms with E-state index in [1.54, 1.807) is 0 Å². The average molecular weight is 346 g/mol. The maximum Gasteiger partial charge on any atom is -0.00135 e. The number of hydrogen-bond donors (Lipinski definition) is 0. The Hall–Kier alpha value is -3.38. The summed E-state index contributed by atoms with van der Waals surface area (Å²) >= 11 is 0. The molecule has 0 unspecified atom stereocenters. The lowest BCUT2D eigenvalue weighted by molar-refractivity contribution is 1.26. The molecule has 1 aliphatic rings. The predicted molar refractivity (Wildman–Crippen MR) is 116 cm³/mol. The minimum atomic E-state index is 1.10. The standard InChI is InChI=1S/C14H12.C13H10/c1-3-7-13(8-4-1)11-12-14-9-5-2-6-10-14;1-3-7-12-10(5-1)9-11-6-2-4-8-13(11)12/h1-12H;1-8H,9H2. The lowest BCUT2D eigenvalue weighted by Gasteiger charge is -1.98. The molecule has 27 heavy (non-hydrogen) atoms. The first kappa shape index (κ1) is 17.1. The van der Waals surface area contributed by atoms with Gasteiger partial charge in [0.15, 0.2) is 0 Å². The Bertz CT molecular complexity index is 943. The maximum atomic E-state index is 2.22. The van der Waals surface area contributed by atoms with Gasteiger partial charge in [-0.15, -0.1) is 0 Å². The zero-order valence-corrected chi connectivity index (χ0v) is 15.3. The summed E-state index contributed by atoms with van der Waals surface area (Å²) in [6.45, 7) is 0. The van der Waals surface area contributed by atoms with Gasteiger partial charge in [0.2, 0.25) is 0 Å². The predicted octanol–water partition coefficient (Wildman–Crippen LogP) is 7.11. The molecule has 0 bridgehead atoms. The number of fused-ring (bicyclic) bond motifs is 3. The highest BCUT2D eigenvalue weighted by Gasteiger charge is 2.15. The van der Waals surface area contributed by atoms with E-state index in [2.05, 4.69) is 84.9 Å². The molecule has 4 aromatic carbocycles. The van der Waals surface area contributed by atoms with Crippen LogP contribution in [0.1, 0.15) is 22.3 Å². The Labute approximate surface area is 161 Å². The molecule has 5 rings (SSSR count). The van der Waals surface area contributed by atoms with Crippen molar-refractivity contribution in [3.63, 3.8) is 0 Å². The van der Waals surface area contributed by atoms with Crippen molar-refractivity contribution in [1.29, 1.82) is 0 Å². The molecule has 0 N–H and O–H groups in total. The summed E-state index contributed by atoms with van der Waals surface area (Å²) in [4.78, 5) is 0. The molecule has 0 spiro atoms. The second kappa shape index (κ2) is 8.33. The Morgan fingerprint density at radius 1 is 0.407 bits per heavy atom. The highest BCUT2D eigenvalue weighted by molar-refractivity contribution is 5.76.